The summed E-state index contributed by atoms with van der Waals surface area (Å²) in [5, 5.41) is 8.50. The van der Waals surface area contributed by atoms with Crippen molar-refractivity contribution in [3.8, 4) is 11.3 Å². The van der Waals surface area contributed by atoms with Crippen LogP contribution in [0.25, 0.3) is 17.4 Å². The van der Waals surface area contributed by atoms with Gasteiger partial charge in [-0.25, -0.2) is 0 Å². The molecule has 0 atom stereocenters. The first-order valence-corrected chi connectivity index (χ1v) is 10.3. The maximum Gasteiger partial charge on any atom is 0.250 e. The summed E-state index contributed by atoms with van der Waals surface area (Å²) in [6, 6.07) is 20.4. The van der Waals surface area contributed by atoms with Gasteiger partial charge in [0, 0.05) is 29.4 Å². The van der Waals surface area contributed by atoms with Crippen LogP contribution < -0.4 is 16.0 Å². The van der Waals surface area contributed by atoms with Crippen LogP contribution in [0.2, 0.25) is 0 Å². The fourth-order valence-corrected chi connectivity index (χ4v) is 2.98. The van der Waals surface area contributed by atoms with Gasteiger partial charge in [0.2, 0.25) is 11.8 Å². The molecule has 1 aromatic heterocycles. The average molecular weight is 434 g/mol. The van der Waals surface area contributed by atoms with E-state index < -0.39 is 0 Å². The minimum Gasteiger partial charge on any atom is -0.457 e. The molecule has 1 heterocycles. The van der Waals surface area contributed by atoms with E-state index in [9.17, 15) is 9.59 Å². The molecule has 158 valence electrons. The summed E-state index contributed by atoms with van der Waals surface area (Å²) in [4.78, 5) is 23.7. The molecule has 7 heteroatoms. The SMILES string of the molecule is CCCC(=O)Nc1ccc(NC(=S)NC(=O)/C=C/c2ccc(-c3ccccc3)o2)cc1. The number of carbonyl (C=O) groups excluding carboxylic acids is 2. The summed E-state index contributed by atoms with van der Waals surface area (Å²) in [5.74, 6) is 0.893. The van der Waals surface area contributed by atoms with Crippen molar-refractivity contribution in [3.05, 3.63) is 78.6 Å². The molecule has 0 radical (unpaired) electrons. The van der Waals surface area contributed by atoms with E-state index in [-0.39, 0.29) is 16.9 Å². The van der Waals surface area contributed by atoms with E-state index in [1.165, 1.54) is 6.08 Å². The van der Waals surface area contributed by atoms with Crippen LogP contribution in [0.3, 0.4) is 0 Å². The van der Waals surface area contributed by atoms with Gasteiger partial charge in [0.1, 0.15) is 11.5 Å². The number of hydrogen-bond acceptors (Lipinski definition) is 4. The molecular weight excluding hydrogens is 410 g/mol. The maximum absolute atomic E-state index is 12.1. The van der Waals surface area contributed by atoms with Gasteiger partial charge in [-0.05, 0) is 61.1 Å². The largest absolute Gasteiger partial charge is 0.457 e. The van der Waals surface area contributed by atoms with Crippen LogP contribution in [0, 0.1) is 0 Å². The highest BCUT2D eigenvalue weighted by Crippen LogP contribution is 2.22. The number of nitrogens with one attached hydrogen (secondary N) is 3. The summed E-state index contributed by atoms with van der Waals surface area (Å²) in [7, 11) is 0. The van der Waals surface area contributed by atoms with Crippen molar-refractivity contribution in [2.75, 3.05) is 10.6 Å². The average Bonchev–Trinajstić information content (AvgIpc) is 3.24. The zero-order chi connectivity index (χ0) is 22.1. The quantitative estimate of drug-likeness (QED) is 0.352. The minimum atomic E-state index is -0.376. The van der Waals surface area contributed by atoms with Gasteiger partial charge < -0.3 is 15.1 Å². The van der Waals surface area contributed by atoms with E-state index in [1.807, 2.05) is 43.3 Å². The highest BCUT2D eigenvalue weighted by molar-refractivity contribution is 7.80. The predicted molar refractivity (Wildman–Crippen MR) is 128 cm³/mol. The van der Waals surface area contributed by atoms with Crippen LogP contribution in [-0.4, -0.2) is 16.9 Å². The minimum absolute atomic E-state index is 0.0229. The van der Waals surface area contributed by atoms with Crippen molar-refractivity contribution in [3.63, 3.8) is 0 Å². The number of thiocarbonyl (C=S) groups is 1. The molecule has 2 amide bonds. The number of anilines is 2. The monoisotopic (exact) mass is 433 g/mol. The predicted octanol–water partition coefficient (Wildman–Crippen LogP) is 5.21. The number of carbonyl (C=O) groups is 2. The first kappa shape index (κ1) is 22.0. The van der Waals surface area contributed by atoms with E-state index in [1.54, 1.807) is 36.4 Å². The Morgan fingerprint density at radius 1 is 0.935 bits per heavy atom. The van der Waals surface area contributed by atoms with Gasteiger partial charge in [0.25, 0.3) is 0 Å². The Hall–Kier alpha value is -3.71. The summed E-state index contributed by atoms with van der Waals surface area (Å²) >= 11 is 5.18. The number of furan rings is 1. The lowest BCUT2D eigenvalue weighted by atomic mass is 10.2. The summed E-state index contributed by atoms with van der Waals surface area (Å²) < 4.78 is 5.73. The molecule has 0 fully saturated rings. The van der Waals surface area contributed by atoms with E-state index in [2.05, 4.69) is 16.0 Å². The molecule has 2 aromatic carbocycles. The van der Waals surface area contributed by atoms with Crippen molar-refractivity contribution in [2.45, 2.75) is 19.8 Å². The number of amides is 2. The fourth-order valence-electron chi connectivity index (χ4n) is 2.76. The Labute approximate surface area is 186 Å². The first-order chi connectivity index (χ1) is 15.0. The van der Waals surface area contributed by atoms with Gasteiger partial charge in [0.05, 0.1) is 0 Å². The van der Waals surface area contributed by atoms with E-state index in [0.717, 1.165) is 17.7 Å². The summed E-state index contributed by atoms with van der Waals surface area (Å²) in [6.45, 7) is 1.95. The smallest absolute Gasteiger partial charge is 0.250 e. The third kappa shape index (κ3) is 6.94. The Morgan fingerprint density at radius 3 is 2.29 bits per heavy atom. The van der Waals surface area contributed by atoms with Gasteiger partial charge in [-0.3, -0.25) is 14.9 Å². The van der Waals surface area contributed by atoms with Crippen molar-refractivity contribution in [2.24, 2.45) is 0 Å². The third-order valence-electron chi connectivity index (χ3n) is 4.22. The Bertz CT molecular complexity index is 1070. The molecule has 0 saturated carbocycles. The molecule has 0 aliphatic heterocycles. The van der Waals surface area contributed by atoms with Crippen LogP contribution in [0.15, 0.2) is 77.2 Å². The third-order valence-corrected chi connectivity index (χ3v) is 4.43. The molecule has 0 spiro atoms. The summed E-state index contributed by atoms with van der Waals surface area (Å²) in [5.41, 5.74) is 2.37. The van der Waals surface area contributed by atoms with Gasteiger partial charge in [-0.2, -0.15) is 0 Å². The van der Waals surface area contributed by atoms with Crippen LogP contribution in [0.1, 0.15) is 25.5 Å². The number of hydrogen-bond donors (Lipinski definition) is 3. The Kier molecular flexibility index (Phi) is 7.73. The lowest BCUT2D eigenvalue weighted by Gasteiger charge is -2.09. The lowest BCUT2D eigenvalue weighted by molar-refractivity contribution is -0.116. The second-order valence-corrected chi connectivity index (χ2v) is 7.13. The molecular formula is C24H23N3O3S. The highest BCUT2D eigenvalue weighted by atomic mass is 32.1. The first-order valence-electron chi connectivity index (χ1n) is 9.88. The Morgan fingerprint density at radius 2 is 1.61 bits per heavy atom. The lowest BCUT2D eigenvalue weighted by Crippen LogP contribution is -2.32. The normalized spacial score (nSPS) is 10.6. The second kappa shape index (κ2) is 10.9. The molecule has 3 aromatic rings. The molecule has 0 aliphatic carbocycles. The molecule has 0 bridgehead atoms. The standard InChI is InChI=1S/C24H23N3O3S/c1-2-6-22(28)25-18-9-11-19(12-10-18)26-24(31)27-23(29)16-14-20-13-15-21(30-20)17-7-4-3-5-8-17/h3-5,7-16H,2,6H2,1H3,(H,25,28)(H2,26,27,29,31)/b16-14+. The zero-order valence-corrected chi connectivity index (χ0v) is 17.9. The van der Waals surface area contributed by atoms with E-state index in [4.69, 9.17) is 16.6 Å². The van der Waals surface area contributed by atoms with Crippen LogP contribution >= 0.6 is 12.2 Å². The molecule has 0 unspecified atom stereocenters. The zero-order valence-electron chi connectivity index (χ0n) is 17.1. The topological polar surface area (TPSA) is 83.4 Å². The van der Waals surface area contributed by atoms with Crippen molar-refractivity contribution >= 4 is 46.6 Å². The molecule has 6 nitrogen and oxygen atoms in total. The summed E-state index contributed by atoms with van der Waals surface area (Å²) in [6.07, 6.45) is 4.21. The van der Waals surface area contributed by atoms with Gasteiger partial charge in [-0.15, -0.1) is 0 Å². The van der Waals surface area contributed by atoms with Crippen molar-refractivity contribution in [1.82, 2.24) is 5.32 Å². The van der Waals surface area contributed by atoms with Crippen LogP contribution in [0.4, 0.5) is 11.4 Å². The number of benzene rings is 2. The molecule has 3 N–H and O–H groups in total. The fraction of sp³-hybridized carbons (Fsp3) is 0.125. The molecule has 0 saturated heterocycles. The van der Waals surface area contributed by atoms with Crippen LogP contribution in [0.5, 0.6) is 0 Å². The van der Waals surface area contributed by atoms with E-state index in [0.29, 0.717) is 23.6 Å². The number of rotatable bonds is 7. The molecule has 31 heavy (non-hydrogen) atoms. The maximum atomic E-state index is 12.1. The van der Waals surface area contributed by atoms with Crippen molar-refractivity contribution in [1.29, 1.82) is 0 Å². The Balaban J connectivity index is 1.49. The van der Waals surface area contributed by atoms with Gasteiger partial charge >= 0.3 is 0 Å². The second-order valence-electron chi connectivity index (χ2n) is 6.72. The van der Waals surface area contributed by atoms with Crippen molar-refractivity contribution < 1.29 is 14.0 Å². The molecule has 0 aliphatic rings. The van der Waals surface area contributed by atoms with Gasteiger partial charge in [0.15, 0.2) is 5.11 Å². The van der Waals surface area contributed by atoms with E-state index >= 15 is 0 Å². The highest BCUT2D eigenvalue weighted by Gasteiger charge is 2.05. The van der Waals surface area contributed by atoms with Gasteiger partial charge in [-0.1, -0.05) is 37.3 Å². The van der Waals surface area contributed by atoms with Crippen LogP contribution in [-0.2, 0) is 9.59 Å². The molecule has 3 rings (SSSR count).